The highest BCUT2D eigenvalue weighted by atomic mass is 16.5. The van der Waals surface area contributed by atoms with Crippen molar-refractivity contribution in [2.24, 2.45) is 0 Å². The van der Waals surface area contributed by atoms with Crippen molar-refractivity contribution in [2.45, 2.75) is 13.3 Å². The second-order valence-corrected chi connectivity index (χ2v) is 3.58. The molecule has 18 heavy (non-hydrogen) atoms. The molecule has 0 aliphatic heterocycles. The summed E-state index contributed by atoms with van der Waals surface area (Å²) in [6, 6.07) is 9.13. The van der Waals surface area contributed by atoms with E-state index in [1.165, 1.54) is 0 Å². The molecule has 0 atom stereocenters. The van der Waals surface area contributed by atoms with Crippen molar-refractivity contribution < 1.29 is 19.1 Å². The third-order valence-corrected chi connectivity index (χ3v) is 2.16. The van der Waals surface area contributed by atoms with E-state index in [0.29, 0.717) is 0 Å². The first-order valence-electron chi connectivity index (χ1n) is 5.64. The first kappa shape index (κ1) is 13.9. The Morgan fingerprint density at radius 2 is 1.83 bits per heavy atom. The maximum absolute atomic E-state index is 11.5. The van der Waals surface area contributed by atoms with Crippen molar-refractivity contribution >= 4 is 17.7 Å². The van der Waals surface area contributed by atoms with Gasteiger partial charge in [-0.05, 0) is 12.5 Å². The molecule has 0 radical (unpaired) electrons. The number of carbonyl (C=O) groups is 3. The number of rotatable bonds is 6. The summed E-state index contributed by atoms with van der Waals surface area (Å²) in [5, 5.41) is 2.38. The predicted molar refractivity (Wildman–Crippen MR) is 64.8 cm³/mol. The lowest BCUT2D eigenvalue weighted by Crippen LogP contribution is -2.34. The number of nitrogens with one attached hydrogen (secondary N) is 1. The molecule has 0 saturated carbocycles. The number of Topliss-reactive ketones (excluding diaryl/α,β-unsaturated/α-hetero) is 1. The van der Waals surface area contributed by atoms with Crippen molar-refractivity contribution in [1.29, 1.82) is 0 Å². The Bertz CT molecular complexity index is 428. The summed E-state index contributed by atoms with van der Waals surface area (Å²) in [6.45, 7) is 1.42. The molecule has 0 unspecified atom stereocenters. The molecule has 0 aromatic heterocycles. The molecule has 0 spiro atoms. The van der Waals surface area contributed by atoms with Crippen LogP contribution in [0.2, 0.25) is 0 Å². The standard InChI is InChI=1S/C13H15NO4/c1-2-18-13(17)11(15)9-14-12(16)8-10-6-4-3-5-7-10/h3-7H,2,8-9H2,1H3,(H,14,16). The van der Waals surface area contributed by atoms with E-state index in [-0.39, 0.29) is 25.5 Å². The Hall–Kier alpha value is -2.17. The molecule has 1 amide bonds. The minimum absolute atomic E-state index is 0.141. The minimum atomic E-state index is -0.919. The predicted octanol–water partition coefficient (Wildman–Crippen LogP) is 0.477. The highest BCUT2D eigenvalue weighted by molar-refractivity contribution is 6.34. The van der Waals surface area contributed by atoms with Gasteiger partial charge in [0, 0.05) is 0 Å². The number of ether oxygens (including phenoxy) is 1. The van der Waals surface area contributed by atoms with Gasteiger partial charge in [-0.1, -0.05) is 30.3 Å². The lowest BCUT2D eigenvalue weighted by Gasteiger charge is -2.04. The van der Waals surface area contributed by atoms with Crippen molar-refractivity contribution in [2.75, 3.05) is 13.2 Å². The summed E-state index contributed by atoms with van der Waals surface area (Å²) in [4.78, 5) is 33.7. The van der Waals surface area contributed by atoms with Crippen LogP contribution in [-0.2, 0) is 25.5 Å². The second-order valence-electron chi connectivity index (χ2n) is 3.58. The van der Waals surface area contributed by atoms with Gasteiger partial charge >= 0.3 is 5.97 Å². The summed E-state index contributed by atoms with van der Waals surface area (Å²) in [5.74, 6) is -1.98. The van der Waals surface area contributed by atoms with Crippen LogP contribution in [-0.4, -0.2) is 30.8 Å². The van der Waals surface area contributed by atoms with E-state index in [2.05, 4.69) is 10.1 Å². The molecule has 0 saturated heterocycles. The van der Waals surface area contributed by atoms with Gasteiger partial charge in [-0.3, -0.25) is 9.59 Å². The van der Waals surface area contributed by atoms with Gasteiger partial charge < -0.3 is 10.1 Å². The largest absolute Gasteiger partial charge is 0.460 e. The van der Waals surface area contributed by atoms with Gasteiger partial charge in [-0.15, -0.1) is 0 Å². The van der Waals surface area contributed by atoms with E-state index in [0.717, 1.165) is 5.56 Å². The Labute approximate surface area is 105 Å². The fourth-order valence-electron chi connectivity index (χ4n) is 1.31. The molecule has 1 N–H and O–H groups in total. The van der Waals surface area contributed by atoms with E-state index in [1.54, 1.807) is 6.92 Å². The molecule has 0 heterocycles. The normalized spacial score (nSPS) is 9.61. The third kappa shape index (κ3) is 4.78. The van der Waals surface area contributed by atoms with Crippen LogP contribution in [0.3, 0.4) is 0 Å². The van der Waals surface area contributed by atoms with E-state index in [9.17, 15) is 14.4 Å². The molecular formula is C13H15NO4. The molecular weight excluding hydrogens is 234 g/mol. The maximum atomic E-state index is 11.5. The van der Waals surface area contributed by atoms with Crippen LogP contribution in [0.5, 0.6) is 0 Å². The zero-order valence-corrected chi connectivity index (χ0v) is 10.1. The first-order chi connectivity index (χ1) is 8.63. The Morgan fingerprint density at radius 3 is 2.44 bits per heavy atom. The Morgan fingerprint density at radius 1 is 1.17 bits per heavy atom. The monoisotopic (exact) mass is 249 g/mol. The van der Waals surface area contributed by atoms with Crippen LogP contribution in [0.15, 0.2) is 30.3 Å². The molecule has 1 rings (SSSR count). The van der Waals surface area contributed by atoms with Crippen LogP contribution >= 0.6 is 0 Å². The summed E-state index contributed by atoms with van der Waals surface area (Å²) < 4.78 is 4.51. The molecule has 0 aliphatic carbocycles. The van der Waals surface area contributed by atoms with E-state index < -0.39 is 11.8 Å². The average molecular weight is 249 g/mol. The molecule has 1 aromatic rings. The number of amides is 1. The third-order valence-electron chi connectivity index (χ3n) is 2.16. The summed E-state index contributed by atoms with van der Waals surface area (Å²) in [5.41, 5.74) is 0.846. The topological polar surface area (TPSA) is 72.5 Å². The number of hydrogen-bond donors (Lipinski definition) is 1. The fraction of sp³-hybridized carbons (Fsp3) is 0.308. The quantitative estimate of drug-likeness (QED) is 0.588. The highest BCUT2D eigenvalue weighted by Crippen LogP contribution is 1.98. The minimum Gasteiger partial charge on any atom is -0.460 e. The van der Waals surface area contributed by atoms with Crippen LogP contribution < -0.4 is 5.32 Å². The van der Waals surface area contributed by atoms with Crippen molar-refractivity contribution in [3.05, 3.63) is 35.9 Å². The maximum Gasteiger partial charge on any atom is 0.376 e. The smallest absolute Gasteiger partial charge is 0.376 e. The molecule has 1 aromatic carbocycles. The average Bonchev–Trinajstić information content (AvgIpc) is 2.37. The summed E-state index contributed by atoms with van der Waals surface area (Å²) in [7, 11) is 0. The van der Waals surface area contributed by atoms with E-state index in [4.69, 9.17) is 0 Å². The fourth-order valence-corrected chi connectivity index (χ4v) is 1.31. The van der Waals surface area contributed by atoms with Gasteiger partial charge in [-0.25, -0.2) is 4.79 Å². The van der Waals surface area contributed by atoms with E-state index >= 15 is 0 Å². The van der Waals surface area contributed by atoms with Gasteiger partial charge in [0.25, 0.3) is 5.78 Å². The van der Waals surface area contributed by atoms with Crippen molar-refractivity contribution in [1.82, 2.24) is 5.32 Å². The van der Waals surface area contributed by atoms with Crippen molar-refractivity contribution in [3.63, 3.8) is 0 Å². The molecule has 5 heteroatoms. The van der Waals surface area contributed by atoms with Gasteiger partial charge in [0.1, 0.15) is 0 Å². The van der Waals surface area contributed by atoms with Crippen LogP contribution in [0.4, 0.5) is 0 Å². The number of ketones is 1. The molecule has 96 valence electrons. The zero-order valence-electron chi connectivity index (χ0n) is 10.1. The van der Waals surface area contributed by atoms with Gasteiger partial charge in [-0.2, -0.15) is 0 Å². The summed E-state index contributed by atoms with van der Waals surface area (Å²) in [6.07, 6.45) is 0.178. The van der Waals surface area contributed by atoms with Crippen LogP contribution in [0.1, 0.15) is 12.5 Å². The second kappa shape index (κ2) is 7.21. The molecule has 5 nitrogen and oxygen atoms in total. The number of carbonyl (C=O) groups excluding carboxylic acids is 3. The summed E-state index contributed by atoms with van der Waals surface area (Å²) >= 11 is 0. The molecule has 0 aliphatic rings. The van der Waals surface area contributed by atoms with Crippen LogP contribution in [0.25, 0.3) is 0 Å². The molecule has 0 fully saturated rings. The molecule has 0 bridgehead atoms. The number of esters is 1. The lowest BCUT2D eigenvalue weighted by molar-refractivity contribution is -0.153. The van der Waals surface area contributed by atoms with Crippen LogP contribution in [0, 0.1) is 0 Å². The van der Waals surface area contributed by atoms with Gasteiger partial charge in [0.05, 0.1) is 19.6 Å². The highest BCUT2D eigenvalue weighted by Gasteiger charge is 2.15. The number of benzene rings is 1. The van der Waals surface area contributed by atoms with Gasteiger partial charge in [0.15, 0.2) is 0 Å². The zero-order chi connectivity index (χ0) is 13.4. The first-order valence-corrected chi connectivity index (χ1v) is 5.64. The van der Waals surface area contributed by atoms with E-state index in [1.807, 2.05) is 30.3 Å². The Kier molecular flexibility index (Phi) is 5.57. The Balaban J connectivity index is 2.33. The SMILES string of the molecule is CCOC(=O)C(=O)CNC(=O)Cc1ccccc1. The number of hydrogen-bond acceptors (Lipinski definition) is 4. The van der Waals surface area contributed by atoms with Gasteiger partial charge in [0.2, 0.25) is 5.91 Å². The lowest BCUT2D eigenvalue weighted by atomic mass is 10.1. The van der Waals surface area contributed by atoms with Crippen molar-refractivity contribution in [3.8, 4) is 0 Å².